The molecular weight excluding hydrogens is 237 g/mol. The minimum atomic E-state index is 0.730. The number of rotatable bonds is 1. The van der Waals surface area contributed by atoms with Crippen LogP contribution in [0, 0.1) is 0 Å². The molecule has 0 N–H and O–H groups in total. The van der Waals surface area contributed by atoms with Gasteiger partial charge in [0.05, 0.1) is 21.4 Å². The van der Waals surface area contributed by atoms with Gasteiger partial charge in [-0.15, -0.1) is 0 Å². The fraction of sp³-hybridized carbons (Fsp3) is 0.300. The van der Waals surface area contributed by atoms with Gasteiger partial charge < -0.3 is 0 Å². The monoisotopic (exact) mass is 246 g/mol. The maximum absolute atomic E-state index is 6.13. The second-order valence-electron chi connectivity index (χ2n) is 3.17. The van der Waals surface area contributed by atoms with Crippen LogP contribution in [0.3, 0.4) is 0 Å². The van der Waals surface area contributed by atoms with Crippen molar-refractivity contribution in [1.29, 1.82) is 0 Å². The van der Waals surface area contributed by atoms with Crippen LogP contribution in [0.4, 0.5) is 0 Å². The van der Waals surface area contributed by atoms with Crippen LogP contribution < -0.4 is 0 Å². The summed E-state index contributed by atoms with van der Waals surface area (Å²) in [5.41, 5.74) is 0.973. The molecule has 0 aliphatic carbocycles. The van der Waals surface area contributed by atoms with Gasteiger partial charge in [0.2, 0.25) is 5.04 Å². The average molecular weight is 247 g/mol. The molecule has 0 bridgehead atoms. The van der Waals surface area contributed by atoms with Crippen molar-refractivity contribution in [3.63, 3.8) is 0 Å². The van der Waals surface area contributed by atoms with Crippen LogP contribution in [0.1, 0.15) is 5.56 Å². The van der Waals surface area contributed by atoms with Crippen molar-refractivity contribution in [3.05, 3.63) is 33.8 Å². The summed E-state index contributed by atoms with van der Waals surface area (Å²) in [5.74, 6) is 1.10. The van der Waals surface area contributed by atoms with E-state index in [-0.39, 0.29) is 0 Å². The third-order valence-corrected chi connectivity index (χ3v) is 3.99. The Morgan fingerprint density at radius 1 is 1.29 bits per heavy atom. The first kappa shape index (κ1) is 10.3. The van der Waals surface area contributed by atoms with Gasteiger partial charge in [-0.3, -0.25) is 0 Å². The van der Waals surface area contributed by atoms with E-state index in [0.29, 0.717) is 0 Å². The van der Waals surface area contributed by atoms with Crippen molar-refractivity contribution in [1.82, 2.24) is 0 Å². The zero-order valence-electron chi connectivity index (χ0n) is 7.76. The molecule has 14 heavy (non-hydrogen) atoms. The lowest BCUT2D eigenvalue weighted by molar-refractivity contribution is -0.485. The first-order valence-corrected chi connectivity index (χ1v) is 6.09. The van der Waals surface area contributed by atoms with Crippen LogP contribution >= 0.6 is 35.0 Å². The zero-order chi connectivity index (χ0) is 10.1. The molecule has 1 heterocycles. The van der Waals surface area contributed by atoms with Gasteiger partial charge in [0.25, 0.3) is 0 Å². The molecule has 74 valence electrons. The Bertz CT molecular complexity index is 381. The Kier molecular flexibility index (Phi) is 3.05. The molecule has 0 unspecified atom stereocenters. The number of hydrogen-bond acceptors (Lipinski definition) is 1. The van der Waals surface area contributed by atoms with E-state index < -0.39 is 0 Å². The van der Waals surface area contributed by atoms with E-state index in [1.807, 2.05) is 18.2 Å². The number of nitrogens with zero attached hydrogens (tertiary/aromatic N) is 1. The SMILES string of the molecule is C[N+]1=C(c2c(Cl)cccc2Cl)SCC1. The molecule has 0 spiro atoms. The molecule has 0 fully saturated rings. The van der Waals surface area contributed by atoms with Gasteiger partial charge in [0.1, 0.15) is 7.05 Å². The first-order chi connectivity index (χ1) is 6.70. The molecule has 1 aromatic carbocycles. The maximum atomic E-state index is 6.13. The minimum absolute atomic E-state index is 0.730. The average Bonchev–Trinajstić information content (AvgIpc) is 2.52. The van der Waals surface area contributed by atoms with Crippen LogP contribution in [0.25, 0.3) is 0 Å². The highest BCUT2D eigenvalue weighted by Gasteiger charge is 2.25. The van der Waals surface area contributed by atoms with Crippen molar-refractivity contribution in [2.75, 3.05) is 19.3 Å². The molecule has 2 rings (SSSR count). The Morgan fingerprint density at radius 2 is 1.93 bits per heavy atom. The predicted octanol–water partition coefficient (Wildman–Crippen LogP) is 3.13. The Labute approximate surface area is 97.7 Å². The molecule has 1 aliphatic heterocycles. The number of hydrogen-bond donors (Lipinski definition) is 0. The largest absolute Gasteiger partial charge is 0.245 e. The molecule has 0 amide bonds. The molecule has 0 radical (unpaired) electrons. The van der Waals surface area contributed by atoms with Gasteiger partial charge in [-0.25, -0.2) is 4.58 Å². The normalized spacial score (nSPS) is 16.5. The van der Waals surface area contributed by atoms with Crippen molar-refractivity contribution >= 4 is 40.0 Å². The van der Waals surface area contributed by atoms with Gasteiger partial charge in [-0.2, -0.15) is 0 Å². The van der Waals surface area contributed by atoms with Gasteiger partial charge in [-0.1, -0.05) is 41.0 Å². The lowest BCUT2D eigenvalue weighted by atomic mass is 10.2. The van der Waals surface area contributed by atoms with Gasteiger partial charge in [-0.05, 0) is 12.1 Å². The Hall–Kier alpha value is -0.180. The van der Waals surface area contributed by atoms with E-state index in [1.165, 1.54) is 5.04 Å². The van der Waals surface area contributed by atoms with Crippen molar-refractivity contribution in [3.8, 4) is 0 Å². The molecule has 0 saturated carbocycles. The lowest BCUT2D eigenvalue weighted by Crippen LogP contribution is -2.10. The van der Waals surface area contributed by atoms with E-state index in [9.17, 15) is 0 Å². The fourth-order valence-electron chi connectivity index (χ4n) is 1.46. The van der Waals surface area contributed by atoms with Crippen LogP contribution in [0.2, 0.25) is 10.0 Å². The van der Waals surface area contributed by atoms with Crippen LogP contribution in [-0.4, -0.2) is 29.0 Å². The Morgan fingerprint density at radius 3 is 2.43 bits per heavy atom. The number of halogens is 2. The quantitative estimate of drug-likeness (QED) is 0.689. The molecule has 0 atom stereocenters. The third kappa shape index (κ3) is 1.79. The number of thioether (sulfide) groups is 1. The van der Waals surface area contributed by atoms with E-state index in [0.717, 1.165) is 27.9 Å². The van der Waals surface area contributed by atoms with Gasteiger partial charge in [0, 0.05) is 0 Å². The Balaban J connectivity index is 2.56. The third-order valence-electron chi connectivity index (χ3n) is 2.19. The molecule has 0 saturated heterocycles. The standard InChI is InChI=1S/C10H10Cl2NS/c1-13-5-6-14-10(13)9-7(11)3-2-4-8(9)12/h2-4H,5-6H2,1H3/q+1. The van der Waals surface area contributed by atoms with Crippen molar-refractivity contribution in [2.24, 2.45) is 0 Å². The fourth-order valence-corrected chi connectivity index (χ4v) is 3.38. The minimum Gasteiger partial charge on any atom is -0.226 e. The van der Waals surface area contributed by atoms with E-state index in [2.05, 4.69) is 11.6 Å². The van der Waals surface area contributed by atoms with Crippen LogP contribution in [0.5, 0.6) is 0 Å². The van der Waals surface area contributed by atoms with Crippen LogP contribution in [0.15, 0.2) is 18.2 Å². The summed E-state index contributed by atoms with van der Waals surface area (Å²) in [4.78, 5) is 0. The summed E-state index contributed by atoms with van der Waals surface area (Å²) in [7, 11) is 2.06. The summed E-state index contributed by atoms with van der Waals surface area (Å²) in [6, 6.07) is 5.62. The smallest absolute Gasteiger partial charge is 0.226 e. The summed E-state index contributed by atoms with van der Waals surface area (Å²) >= 11 is 14.1. The summed E-state index contributed by atoms with van der Waals surface area (Å²) in [5, 5.41) is 2.64. The summed E-state index contributed by atoms with van der Waals surface area (Å²) in [6.45, 7) is 1.06. The molecule has 4 heteroatoms. The highest BCUT2D eigenvalue weighted by molar-refractivity contribution is 8.14. The summed E-state index contributed by atoms with van der Waals surface area (Å²) in [6.07, 6.45) is 0. The van der Waals surface area contributed by atoms with E-state index in [1.54, 1.807) is 11.8 Å². The van der Waals surface area contributed by atoms with Gasteiger partial charge in [0.15, 0.2) is 6.54 Å². The number of benzene rings is 1. The van der Waals surface area contributed by atoms with Crippen molar-refractivity contribution < 1.29 is 4.58 Å². The highest BCUT2D eigenvalue weighted by Crippen LogP contribution is 2.30. The van der Waals surface area contributed by atoms with E-state index in [4.69, 9.17) is 23.2 Å². The first-order valence-electron chi connectivity index (χ1n) is 4.35. The second kappa shape index (κ2) is 4.13. The molecular formula is C10H10Cl2NS+. The van der Waals surface area contributed by atoms with Gasteiger partial charge >= 0.3 is 0 Å². The maximum Gasteiger partial charge on any atom is 0.245 e. The van der Waals surface area contributed by atoms with E-state index >= 15 is 0 Å². The van der Waals surface area contributed by atoms with Crippen LogP contribution in [-0.2, 0) is 0 Å². The highest BCUT2D eigenvalue weighted by atomic mass is 35.5. The lowest BCUT2D eigenvalue weighted by Gasteiger charge is -2.02. The topological polar surface area (TPSA) is 3.01 Å². The zero-order valence-corrected chi connectivity index (χ0v) is 10.1. The second-order valence-corrected chi connectivity index (χ2v) is 5.07. The van der Waals surface area contributed by atoms with Crippen molar-refractivity contribution in [2.45, 2.75) is 0 Å². The molecule has 1 aliphatic rings. The molecule has 1 nitrogen and oxygen atoms in total. The predicted molar refractivity (Wildman–Crippen MR) is 64.1 cm³/mol. The molecule has 0 aromatic heterocycles. The molecule has 1 aromatic rings. The summed E-state index contributed by atoms with van der Waals surface area (Å²) < 4.78 is 2.19.